The lowest BCUT2D eigenvalue weighted by atomic mass is 10.2. The quantitative estimate of drug-likeness (QED) is 0.752. The Bertz CT molecular complexity index is 288. The molecule has 0 spiro atoms. The average molecular weight is 193 g/mol. The van der Waals surface area contributed by atoms with E-state index in [-0.39, 0.29) is 0 Å². The molecule has 1 aliphatic rings. The standard InChI is InChI=1S/C11H19N3/c1-3-8(2)12-7-10-6-11(14-13-10)9-4-5-9/h6,8-9,12H,3-5,7H2,1-2H3,(H,13,14). The Balaban J connectivity index is 1.83. The van der Waals surface area contributed by atoms with Gasteiger partial charge >= 0.3 is 0 Å². The SMILES string of the molecule is CCC(C)NCc1cc(C2CC2)n[nH]1. The predicted molar refractivity (Wildman–Crippen MR) is 57.2 cm³/mol. The molecule has 78 valence electrons. The van der Waals surface area contributed by atoms with Crippen molar-refractivity contribution in [3.05, 3.63) is 17.5 Å². The molecule has 1 atom stereocenters. The Morgan fingerprint density at radius 1 is 1.64 bits per heavy atom. The second kappa shape index (κ2) is 4.13. The molecule has 3 heteroatoms. The van der Waals surface area contributed by atoms with E-state index in [0.717, 1.165) is 12.5 Å². The molecule has 1 unspecified atom stereocenters. The van der Waals surface area contributed by atoms with Crippen molar-refractivity contribution < 1.29 is 0 Å². The highest BCUT2D eigenvalue weighted by Gasteiger charge is 2.25. The zero-order valence-corrected chi connectivity index (χ0v) is 9.01. The fourth-order valence-electron chi connectivity index (χ4n) is 1.49. The van der Waals surface area contributed by atoms with E-state index in [1.807, 2.05) is 0 Å². The molecular formula is C11H19N3. The molecule has 2 rings (SSSR count). The third kappa shape index (κ3) is 2.35. The Morgan fingerprint density at radius 3 is 3.07 bits per heavy atom. The minimum atomic E-state index is 0.586. The lowest BCUT2D eigenvalue weighted by Crippen LogP contribution is -2.24. The number of nitrogens with one attached hydrogen (secondary N) is 2. The Kier molecular flexibility index (Phi) is 2.87. The number of aromatic nitrogens is 2. The highest BCUT2D eigenvalue weighted by atomic mass is 15.1. The van der Waals surface area contributed by atoms with Crippen LogP contribution in [0.15, 0.2) is 6.07 Å². The van der Waals surface area contributed by atoms with Crippen LogP contribution in [0.3, 0.4) is 0 Å². The first-order valence-corrected chi connectivity index (χ1v) is 5.57. The highest BCUT2D eigenvalue weighted by Crippen LogP contribution is 2.38. The fourth-order valence-corrected chi connectivity index (χ4v) is 1.49. The van der Waals surface area contributed by atoms with Crippen LogP contribution >= 0.6 is 0 Å². The molecule has 0 aliphatic heterocycles. The first-order valence-electron chi connectivity index (χ1n) is 5.57. The number of hydrogen-bond donors (Lipinski definition) is 2. The number of hydrogen-bond acceptors (Lipinski definition) is 2. The van der Waals surface area contributed by atoms with Gasteiger partial charge in [-0.2, -0.15) is 5.10 Å². The van der Waals surface area contributed by atoms with Crippen molar-refractivity contribution in [1.82, 2.24) is 15.5 Å². The average Bonchev–Trinajstić information content (AvgIpc) is 2.95. The van der Waals surface area contributed by atoms with Gasteiger partial charge < -0.3 is 5.32 Å². The van der Waals surface area contributed by atoms with Crippen LogP contribution in [0, 0.1) is 0 Å². The molecule has 0 aromatic carbocycles. The molecule has 1 aromatic rings. The summed E-state index contributed by atoms with van der Waals surface area (Å²) < 4.78 is 0. The summed E-state index contributed by atoms with van der Waals surface area (Å²) in [5, 5.41) is 10.9. The molecule has 1 fully saturated rings. The molecule has 14 heavy (non-hydrogen) atoms. The maximum Gasteiger partial charge on any atom is 0.0656 e. The molecule has 0 saturated heterocycles. The summed E-state index contributed by atoms with van der Waals surface area (Å²) >= 11 is 0. The third-order valence-corrected chi connectivity index (χ3v) is 2.90. The van der Waals surface area contributed by atoms with E-state index >= 15 is 0 Å². The Hall–Kier alpha value is -0.830. The maximum absolute atomic E-state index is 4.32. The van der Waals surface area contributed by atoms with E-state index in [1.165, 1.54) is 30.7 Å². The van der Waals surface area contributed by atoms with Crippen LogP contribution in [0.1, 0.15) is 50.4 Å². The predicted octanol–water partition coefficient (Wildman–Crippen LogP) is 2.18. The second-order valence-electron chi connectivity index (χ2n) is 4.28. The van der Waals surface area contributed by atoms with Crippen molar-refractivity contribution in [2.24, 2.45) is 0 Å². The fraction of sp³-hybridized carbons (Fsp3) is 0.727. The van der Waals surface area contributed by atoms with Crippen LogP contribution in [0.5, 0.6) is 0 Å². The van der Waals surface area contributed by atoms with Crippen LogP contribution < -0.4 is 5.32 Å². The van der Waals surface area contributed by atoms with Gasteiger partial charge in [0.2, 0.25) is 0 Å². The van der Waals surface area contributed by atoms with E-state index in [2.05, 4.69) is 35.4 Å². The summed E-state index contributed by atoms with van der Waals surface area (Å²) in [5.41, 5.74) is 2.47. The lowest BCUT2D eigenvalue weighted by Gasteiger charge is -2.08. The van der Waals surface area contributed by atoms with Crippen LogP contribution in [0.2, 0.25) is 0 Å². The largest absolute Gasteiger partial charge is 0.309 e. The van der Waals surface area contributed by atoms with E-state index < -0.39 is 0 Å². The van der Waals surface area contributed by atoms with Crippen molar-refractivity contribution in [3.8, 4) is 0 Å². The van der Waals surface area contributed by atoms with Gasteiger partial charge in [0.05, 0.1) is 5.69 Å². The van der Waals surface area contributed by atoms with Gasteiger partial charge in [0.25, 0.3) is 0 Å². The molecule has 0 bridgehead atoms. The molecule has 3 nitrogen and oxygen atoms in total. The summed E-state index contributed by atoms with van der Waals surface area (Å²) in [5.74, 6) is 0.753. The van der Waals surface area contributed by atoms with Crippen LogP contribution in [0.25, 0.3) is 0 Å². The van der Waals surface area contributed by atoms with Crippen LogP contribution in [-0.4, -0.2) is 16.2 Å². The normalized spacial score (nSPS) is 18.4. The highest BCUT2D eigenvalue weighted by molar-refractivity contribution is 5.17. The molecule has 1 saturated carbocycles. The molecule has 1 aliphatic carbocycles. The summed E-state index contributed by atoms with van der Waals surface area (Å²) in [6.45, 7) is 5.31. The van der Waals surface area contributed by atoms with Crippen molar-refractivity contribution in [2.45, 2.75) is 51.6 Å². The van der Waals surface area contributed by atoms with Gasteiger partial charge in [-0.15, -0.1) is 0 Å². The van der Waals surface area contributed by atoms with Gasteiger partial charge in [-0.1, -0.05) is 6.92 Å². The van der Waals surface area contributed by atoms with Crippen molar-refractivity contribution in [2.75, 3.05) is 0 Å². The minimum absolute atomic E-state index is 0.586. The van der Waals surface area contributed by atoms with Crippen molar-refractivity contribution in [1.29, 1.82) is 0 Å². The maximum atomic E-state index is 4.32. The van der Waals surface area contributed by atoms with Gasteiger partial charge in [0.15, 0.2) is 0 Å². The van der Waals surface area contributed by atoms with E-state index in [0.29, 0.717) is 6.04 Å². The Labute approximate surface area is 85.3 Å². The summed E-state index contributed by atoms with van der Waals surface area (Å²) in [4.78, 5) is 0. The van der Waals surface area contributed by atoms with E-state index in [9.17, 15) is 0 Å². The van der Waals surface area contributed by atoms with Gasteiger partial charge in [0, 0.05) is 24.2 Å². The van der Waals surface area contributed by atoms with E-state index in [1.54, 1.807) is 0 Å². The zero-order valence-electron chi connectivity index (χ0n) is 9.01. The van der Waals surface area contributed by atoms with Crippen LogP contribution in [0.4, 0.5) is 0 Å². The van der Waals surface area contributed by atoms with Crippen molar-refractivity contribution in [3.63, 3.8) is 0 Å². The zero-order chi connectivity index (χ0) is 9.97. The topological polar surface area (TPSA) is 40.7 Å². The van der Waals surface area contributed by atoms with Gasteiger partial charge in [-0.05, 0) is 32.3 Å². The monoisotopic (exact) mass is 193 g/mol. The molecule has 1 heterocycles. The van der Waals surface area contributed by atoms with E-state index in [4.69, 9.17) is 0 Å². The number of H-pyrrole nitrogens is 1. The Morgan fingerprint density at radius 2 is 2.43 bits per heavy atom. The first-order chi connectivity index (χ1) is 6.79. The summed E-state index contributed by atoms with van der Waals surface area (Å²) in [6, 6.07) is 2.79. The third-order valence-electron chi connectivity index (χ3n) is 2.90. The van der Waals surface area contributed by atoms with Gasteiger partial charge in [0.1, 0.15) is 0 Å². The molecule has 0 radical (unpaired) electrons. The first kappa shape index (κ1) is 9.71. The number of aromatic amines is 1. The van der Waals surface area contributed by atoms with Crippen molar-refractivity contribution >= 4 is 0 Å². The van der Waals surface area contributed by atoms with Gasteiger partial charge in [-0.3, -0.25) is 5.10 Å². The van der Waals surface area contributed by atoms with Crippen LogP contribution in [-0.2, 0) is 6.54 Å². The minimum Gasteiger partial charge on any atom is -0.309 e. The smallest absolute Gasteiger partial charge is 0.0656 e. The molecule has 2 N–H and O–H groups in total. The second-order valence-corrected chi connectivity index (χ2v) is 4.28. The summed E-state index contributed by atoms with van der Waals surface area (Å²) in [7, 11) is 0. The summed E-state index contributed by atoms with van der Waals surface area (Å²) in [6.07, 6.45) is 3.82. The number of rotatable bonds is 5. The molecule has 1 aromatic heterocycles. The van der Waals surface area contributed by atoms with Gasteiger partial charge in [-0.25, -0.2) is 0 Å². The molecule has 0 amide bonds. The molecular weight excluding hydrogens is 174 g/mol. The number of nitrogens with zero attached hydrogens (tertiary/aromatic N) is 1. The lowest BCUT2D eigenvalue weighted by molar-refractivity contribution is 0.528.